The molecular weight excluding hydrogens is 853 g/mol. The van der Waals surface area contributed by atoms with Crippen LogP contribution >= 0.6 is 0 Å². The minimum atomic E-state index is -1.50. The van der Waals surface area contributed by atoms with Crippen molar-refractivity contribution in [3.05, 3.63) is 224 Å². The second-order valence-electron chi connectivity index (χ2n) is 16.2. The average molecular weight is 901 g/mol. The summed E-state index contributed by atoms with van der Waals surface area (Å²) in [6, 6.07) is 47.4. The second-order valence-corrected chi connectivity index (χ2v) is 16.2. The standard InChI is InChI=1S/C53H48N4O10/c1-63-37-25-21-35(22-26-37)53(34-15-7-4-8-16-34,36-23-27-38(64-2)28-24-36)66-32-44-48(59)47(50(67-44)57-30-29-45(58)54-51(57)61)55-49(60)46(33-13-5-3-6-14-33)56-52(62)65-31-43-41-19-11-9-17-39(41)40-18-10-12-20-42(40)43/h3-30,43-44,46-48,50,59H,31-32H2,1-2H3,(H,55,60)(H,56,62)(H,54,58,61)/t44?,46-,47?,48?,50?/m1/s1. The predicted molar refractivity (Wildman–Crippen MR) is 249 cm³/mol. The van der Waals surface area contributed by atoms with Crippen molar-refractivity contribution in [3.8, 4) is 22.6 Å². The van der Waals surface area contributed by atoms with Gasteiger partial charge in [-0.25, -0.2) is 9.59 Å². The Hall–Kier alpha value is -7.78. The van der Waals surface area contributed by atoms with Crippen LogP contribution in [-0.2, 0) is 24.6 Å². The van der Waals surface area contributed by atoms with Crippen molar-refractivity contribution in [2.45, 2.75) is 42.0 Å². The van der Waals surface area contributed by atoms with E-state index in [0.717, 1.165) is 49.6 Å². The molecule has 1 aliphatic carbocycles. The molecule has 0 radical (unpaired) electrons. The van der Waals surface area contributed by atoms with Crippen LogP contribution in [0.25, 0.3) is 11.1 Å². The number of nitrogens with zero attached hydrogens (tertiary/aromatic N) is 1. The summed E-state index contributed by atoms with van der Waals surface area (Å²) in [4.78, 5) is 56.2. The number of carbonyl (C=O) groups is 2. The van der Waals surface area contributed by atoms with Gasteiger partial charge in [-0.15, -0.1) is 0 Å². The van der Waals surface area contributed by atoms with E-state index in [1.807, 2.05) is 127 Å². The highest BCUT2D eigenvalue weighted by Crippen LogP contribution is 2.45. The minimum Gasteiger partial charge on any atom is -0.497 e. The molecule has 0 spiro atoms. The molecule has 1 saturated heterocycles. The van der Waals surface area contributed by atoms with Gasteiger partial charge in [-0.05, 0) is 68.8 Å². The van der Waals surface area contributed by atoms with Crippen LogP contribution in [0.4, 0.5) is 4.79 Å². The highest BCUT2D eigenvalue weighted by molar-refractivity contribution is 5.87. The Morgan fingerprint density at radius 1 is 0.701 bits per heavy atom. The molecule has 2 heterocycles. The maximum Gasteiger partial charge on any atom is 0.408 e. The molecule has 67 heavy (non-hydrogen) atoms. The van der Waals surface area contributed by atoms with E-state index in [1.165, 1.54) is 6.20 Å². The Kier molecular flexibility index (Phi) is 12.8. The van der Waals surface area contributed by atoms with Crippen LogP contribution in [0.5, 0.6) is 11.5 Å². The zero-order valence-electron chi connectivity index (χ0n) is 36.6. The van der Waals surface area contributed by atoms with Gasteiger partial charge in [-0.1, -0.05) is 133 Å². The Labute approximate surface area is 385 Å². The lowest BCUT2D eigenvalue weighted by molar-refractivity contribution is -0.125. The van der Waals surface area contributed by atoms with E-state index >= 15 is 0 Å². The van der Waals surface area contributed by atoms with E-state index in [1.54, 1.807) is 44.6 Å². The number of carbonyl (C=O) groups excluding carboxylic acids is 2. The Morgan fingerprint density at radius 2 is 1.24 bits per heavy atom. The summed E-state index contributed by atoms with van der Waals surface area (Å²) in [5.41, 5.74) is 4.02. The molecule has 9 rings (SSSR count). The van der Waals surface area contributed by atoms with Crippen molar-refractivity contribution in [2.24, 2.45) is 0 Å². The lowest BCUT2D eigenvalue weighted by atomic mass is 9.80. The van der Waals surface area contributed by atoms with E-state index in [-0.39, 0.29) is 19.1 Å². The maximum atomic E-state index is 14.6. The average Bonchev–Trinajstić information content (AvgIpc) is 3.86. The van der Waals surface area contributed by atoms with Crippen LogP contribution in [-0.4, -0.2) is 72.3 Å². The van der Waals surface area contributed by atoms with Crippen molar-refractivity contribution >= 4 is 12.0 Å². The number of alkyl carbamates (subject to hydrolysis) is 1. The number of hydrogen-bond donors (Lipinski definition) is 4. The van der Waals surface area contributed by atoms with Crippen LogP contribution in [0.1, 0.15) is 51.6 Å². The molecule has 5 atom stereocenters. The summed E-state index contributed by atoms with van der Waals surface area (Å²) in [6.45, 7) is -0.260. The van der Waals surface area contributed by atoms with Crippen LogP contribution in [0.3, 0.4) is 0 Å². The molecule has 2 amide bonds. The summed E-state index contributed by atoms with van der Waals surface area (Å²) in [7, 11) is 3.16. The fourth-order valence-electron chi connectivity index (χ4n) is 9.14. The molecule has 1 aromatic heterocycles. The summed E-state index contributed by atoms with van der Waals surface area (Å²) in [6.07, 6.45) is -3.63. The third-order valence-electron chi connectivity index (χ3n) is 12.4. The molecule has 6 aromatic carbocycles. The molecule has 340 valence electrons. The fourth-order valence-corrected chi connectivity index (χ4v) is 9.14. The van der Waals surface area contributed by atoms with Crippen LogP contribution in [0, 0.1) is 0 Å². The Balaban J connectivity index is 1.01. The number of fused-ring (bicyclic) bond motifs is 3. The van der Waals surface area contributed by atoms with Gasteiger partial charge in [0.2, 0.25) is 5.91 Å². The molecule has 0 saturated carbocycles. The number of aromatic amines is 1. The van der Waals surface area contributed by atoms with Gasteiger partial charge in [0.1, 0.15) is 48.0 Å². The first-order chi connectivity index (χ1) is 32.7. The van der Waals surface area contributed by atoms with Gasteiger partial charge < -0.3 is 39.4 Å². The summed E-state index contributed by atoms with van der Waals surface area (Å²) >= 11 is 0. The minimum absolute atomic E-state index is 0.00850. The van der Waals surface area contributed by atoms with Gasteiger partial charge in [0.15, 0.2) is 6.23 Å². The van der Waals surface area contributed by atoms with Gasteiger partial charge in [0.05, 0.1) is 20.8 Å². The van der Waals surface area contributed by atoms with Crippen molar-refractivity contribution in [1.29, 1.82) is 0 Å². The first-order valence-corrected chi connectivity index (χ1v) is 21.8. The number of methoxy groups -OCH3 is 2. The molecule has 7 aromatic rings. The van der Waals surface area contributed by atoms with Crippen LogP contribution in [0.2, 0.25) is 0 Å². The van der Waals surface area contributed by atoms with E-state index in [4.69, 9.17) is 23.7 Å². The summed E-state index contributed by atoms with van der Waals surface area (Å²) < 4.78 is 31.5. The first kappa shape index (κ1) is 44.4. The van der Waals surface area contributed by atoms with E-state index in [2.05, 4.69) is 15.6 Å². The highest BCUT2D eigenvalue weighted by Gasteiger charge is 2.49. The van der Waals surface area contributed by atoms with Gasteiger partial charge >= 0.3 is 11.8 Å². The monoisotopic (exact) mass is 900 g/mol. The highest BCUT2D eigenvalue weighted by atomic mass is 16.6. The number of nitrogens with one attached hydrogen (secondary N) is 3. The Bertz CT molecular complexity index is 2870. The van der Waals surface area contributed by atoms with Crippen LogP contribution < -0.4 is 31.4 Å². The molecule has 0 bridgehead atoms. The number of H-pyrrole nitrogens is 1. The topological polar surface area (TPSA) is 179 Å². The van der Waals surface area contributed by atoms with Crippen molar-refractivity contribution in [1.82, 2.24) is 20.2 Å². The fraction of sp³-hybridized carbons (Fsp3) is 0.208. The smallest absolute Gasteiger partial charge is 0.408 e. The van der Waals surface area contributed by atoms with Crippen molar-refractivity contribution in [3.63, 3.8) is 0 Å². The van der Waals surface area contributed by atoms with E-state index in [0.29, 0.717) is 17.1 Å². The number of hydrogen-bond acceptors (Lipinski definition) is 10. The SMILES string of the molecule is COc1ccc(C(OCC2OC(n3ccc(=O)[nH]c3=O)C(NC(=O)[C@H](NC(=O)OCC3c4ccccc4-c4ccccc43)c3ccccc3)C2O)(c2ccccc2)c2ccc(OC)cc2)cc1. The largest absolute Gasteiger partial charge is 0.497 e. The van der Waals surface area contributed by atoms with Crippen LogP contribution in [0.15, 0.2) is 180 Å². The number of aliphatic hydroxyl groups excluding tert-OH is 1. The second kappa shape index (κ2) is 19.4. The number of aromatic nitrogens is 2. The van der Waals surface area contributed by atoms with Crippen molar-refractivity contribution < 1.29 is 38.4 Å². The molecule has 2 aliphatic rings. The van der Waals surface area contributed by atoms with Gasteiger partial charge in [0, 0.05) is 18.2 Å². The van der Waals surface area contributed by atoms with E-state index in [9.17, 15) is 24.3 Å². The molecule has 1 aliphatic heterocycles. The quantitative estimate of drug-likeness (QED) is 0.0822. The third-order valence-corrected chi connectivity index (χ3v) is 12.4. The number of aliphatic hydroxyl groups is 1. The number of rotatable bonds is 15. The zero-order valence-corrected chi connectivity index (χ0v) is 36.6. The number of ether oxygens (including phenoxy) is 5. The lowest BCUT2D eigenvalue weighted by Gasteiger charge is -2.37. The molecular formula is C53H48N4O10. The number of amides is 2. The number of benzene rings is 6. The van der Waals surface area contributed by atoms with Crippen molar-refractivity contribution in [2.75, 3.05) is 27.4 Å². The zero-order chi connectivity index (χ0) is 46.5. The normalized spacial score (nSPS) is 18.0. The van der Waals surface area contributed by atoms with E-state index < -0.39 is 59.4 Å². The molecule has 4 N–H and O–H groups in total. The maximum absolute atomic E-state index is 14.6. The first-order valence-electron chi connectivity index (χ1n) is 21.8. The molecule has 1 fully saturated rings. The summed E-state index contributed by atoms with van der Waals surface area (Å²) in [5.74, 6) is 0.305. The lowest BCUT2D eigenvalue weighted by Crippen LogP contribution is -2.52. The molecule has 14 heteroatoms. The van der Waals surface area contributed by atoms with Gasteiger partial charge in [-0.2, -0.15) is 0 Å². The Morgan fingerprint density at radius 3 is 1.81 bits per heavy atom. The van der Waals surface area contributed by atoms with Gasteiger partial charge in [0.25, 0.3) is 5.56 Å². The van der Waals surface area contributed by atoms with Gasteiger partial charge in [-0.3, -0.25) is 19.1 Å². The molecule has 4 unspecified atom stereocenters. The predicted octanol–water partition coefficient (Wildman–Crippen LogP) is 6.59. The molecule has 14 nitrogen and oxygen atoms in total. The summed E-state index contributed by atoms with van der Waals surface area (Å²) in [5, 5.41) is 17.9. The third kappa shape index (κ3) is 8.85.